The molecule has 3 aromatic rings. The van der Waals surface area contributed by atoms with E-state index in [1.165, 1.54) is 10.3 Å². The molecule has 16 heavy (non-hydrogen) atoms. The standard InChI is InChI=1S/C13H8NSSi/c16-10-7-5-9(6-8-10)13-14-11-3-1-2-4-12(11)15-13/h1-8H. The van der Waals surface area contributed by atoms with Gasteiger partial charge in [-0.3, -0.25) is 0 Å². The predicted octanol–water partition coefficient (Wildman–Crippen LogP) is 2.76. The minimum Gasteiger partial charge on any atom is -0.236 e. The van der Waals surface area contributed by atoms with E-state index in [4.69, 9.17) is 0 Å². The van der Waals surface area contributed by atoms with Gasteiger partial charge in [-0.25, -0.2) is 4.98 Å². The van der Waals surface area contributed by atoms with Crippen molar-refractivity contribution in [2.24, 2.45) is 0 Å². The van der Waals surface area contributed by atoms with E-state index < -0.39 is 0 Å². The number of thiazole rings is 1. The highest BCUT2D eigenvalue weighted by Crippen LogP contribution is 2.29. The monoisotopic (exact) mass is 238 g/mol. The van der Waals surface area contributed by atoms with E-state index in [1.54, 1.807) is 11.3 Å². The summed E-state index contributed by atoms with van der Waals surface area (Å²) in [5, 5.41) is 2.16. The van der Waals surface area contributed by atoms with E-state index in [0.717, 1.165) is 15.7 Å². The topological polar surface area (TPSA) is 12.9 Å². The van der Waals surface area contributed by atoms with Gasteiger partial charge in [0.15, 0.2) is 0 Å². The zero-order valence-corrected chi connectivity index (χ0v) is 10.3. The van der Waals surface area contributed by atoms with Crippen molar-refractivity contribution < 1.29 is 0 Å². The van der Waals surface area contributed by atoms with E-state index in [9.17, 15) is 0 Å². The van der Waals surface area contributed by atoms with Crippen LogP contribution in [-0.2, 0) is 0 Å². The molecule has 2 aromatic carbocycles. The number of hydrogen-bond donors (Lipinski definition) is 0. The van der Waals surface area contributed by atoms with E-state index in [-0.39, 0.29) is 0 Å². The van der Waals surface area contributed by atoms with Crippen LogP contribution in [0.3, 0.4) is 0 Å². The molecule has 0 spiro atoms. The van der Waals surface area contributed by atoms with Crippen molar-refractivity contribution in [3.05, 3.63) is 48.5 Å². The highest BCUT2D eigenvalue weighted by Gasteiger charge is 2.04. The number of nitrogens with zero attached hydrogens (tertiary/aromatic N) is 1. The fraction of sp³-hybridized carbons (Fsp3) is 0. The Bertz CT molecular complexity index is 595. The quantitative estimate of drug-likeness (QED) is 0.594. The van der Waals surface area contributed by atoms with Gasteiger partial charge in [0.25, 0.3) is 0 Å². The first-order chi connectivity index (χ1) is 7.83. The summed E-state index contributed by atoms with van der Waals surface area (Å²) in [5.41, 5.74) is 2.24. The fourth-order valence-corrected chi connectivity index (χ4v) is 2.75. The van der Waals surface area contributed by atoms with Crippen LogP contribution >= 0.6 is 11.3 Å². The van der Waals surface area contributed by atoms with Crippen LogP contribution in [0.15, 0.2) is 48.5 Å². The molecule has 0 saturated heterocycles. The predicted molar refractivity (Wildman–Crippen MR) is 70.4 cm³/mol. The van der Waals surface area contributed by atoms with Gasteiger partial charge in [-0.15, -0.1) is 11.3 Å². The number of benzene rings is 2. The van der Waals surface area contributed by atoms with E-state index in [2.05, 4.69) is 33.4 Å². The highest BCUT2D eigenvalue weighted by atomic mass is 32.1. The van der Waals surface area contributed by atoms with Crippen LogP contribution in [-0.4, -0.2) is 15.2 Å². The lowest BCUT2D eigenvalue weighted by molar-refractivity contribution is 1.48. The molecule has 3 rings (SSSR count). The number of rotatable bonds is 1. The Hall–Kier alpha value is -1.45. The van der Waals surface area contributed by atoms with Gasteiger partial charge in [0.2, 0.25) is 0 Å². The molecule has 0 aliphatic heterocycles. The van der Waals surface area contributed by atoms with Crippen molar-refractivity contribution in [2.75, 3.05) is 0 Å². The van der Waals surface area contributed by atoms with Crippen molar-refractivity contribution in [3.8, 4) is 10.6 Å². The smallest absolute Gasteiger partial charge is 0.124 e. The van der Waals surface area contributed by atoms with Crippen molar-refractivity contribution in [1.29, 1.82) is 0 Å². The summed E-state index contributed by atoms with van der Waals surface area (Å²) in [4.78, 5) is 4.62. The van der Waals surface area contributed by atoms with Crippen molar-refractivity contribution in [1.82, 2.24) is 4.98 Å². The molecule has 0 saturated carbocycles. The summed E-state index contributed by atoms with van der Waals surface area (Å²) in [6.45, 7) is 0. The average molecular weight is 238 g/mol. The summed E-state index contributed by atoms with van der Waals surface area (Å²) >= 11 is 1.73. The van der Waals surface area contributed by atoms with Gasteiger partial charge in [-0.05, 0) is 12.1 Å². The Morgan fingerprint density at radius 3 is 2.44 bits per heavy atom. The Kier molecular flexibility index (Phi) is 2.34. The second-order valence-electron chi connectivity index (χ2n) is 3.56. The van der Waals surface area contributed by atoms with E-state index in [0.29, 0.717) is 0 Å². The third-order valence-corrected chi connectivity index (χ3v) is 3.84. The van der Waals surface area contributed by atoms with Crippen molar-refractivity contribution in [2.45, 2.75) is 0 Å². The third-order valence-electron chi connectivity index (χ3n) is 2.43. The lowest BCUT2D eigenvalue weighted by Crippen LogP contribution is -1.98. The van der Waals surface area contributed by atoms with Crippen LogP contribution in [0.5, 0.6) is 0 Å². The fourth-order valence-electron chi connectivity index (χ4n) is 1.61. The molecule has 0 bridgehead atoms. The first kappa shape index (κ1) is 9.75. The summed E-state index contributed by atoms with van der Waals surface area (Å²) in [5.74, 6) is 0. The van der Waals surface area contributed by atoms with E-state index >= 15 is 0 Å². The Labute approximate surface area is 101 Å². The molecular weight excluding hydrogens is 230 g/mol. The maximum absolute atomic E-state index is 4.62. The molecule has 0 fully saturated rings. The Balaban J connectivity index is 2.15. The van der Waals surface area contributed by atoms with Gasteiger partial charge in [0, 0.05) is 5.56 Å². The van der Waals surface area contributed by atoms with Gasteiger partial charge >= 0.3 is 0 Å². The molecule has 3 heteroatoms. The molecule has 0 unspecified atom stereocenters. The number of aromatic nitrogens is 1. The van der Waals surface area contributed by atoms with Gasteiger partial charge in [-0.2, -0.15) is 0 Å². The molecule has 1 aromatic heterocycles. The number of fused-ring (bicyclic) bond motifs is 1. The molecule has 0 N–H and O–H groups in total. The summed E-state index contributed by atoms with van der Waals surface area (Å²) in [6.07, 6.45) is 0. The van der Waals surface area contributed by atoms with E-state index in [1.807, 2.05) is 30.3 Å². The second-order valence-corrected chi connectivity index (χ2v) is 5.17. The number of hydrogen-bond acceptors (Lipinski definition) is 2. The second kappa shape index (κ2) is 3.85. The van der Waals surface area contributed by atoms with Gasteiger partial charge in [-0.1, -0.05) is 41.6 Å². The van der Waals surface area contributed by atoms with Crippen LogP contribution in [0.2, 0.25) is 0 Å². The molecule has 1 heterocycles. The third kappa shape index (κ3) is 1.68. The van der Waals surface area contributed by atoms with Gasteiger partial charge < -0.3 is 0 Å². The average Bonchev–Trinajstić information content (AvgIpc) is 2.73. The summed E-state index contributed by atoms with van der Waals surface area (Å²) in [7, 11) is 3.49. The van der Waals surface area contributed by atoms with Gasteiger partial charge in [0.1, 0.15) is 5.01 Å². The van der Waals surface area contributed by atoms with Crippen LogP contribution in [0.1, 0.15) is 0 Å². The molecule has 0 atom stereocenters. The largest absolute Gasteiger partial charge is 0.236 e. The minimum atomic E-state index is 1.07. The lowest BCUT2D eigenvalue weighted by atomic mass is 10.2. The first-order valence-corrected chi connectivity index (χ1v) is 6.32. The zero-order valence-electron chi connectivity index (χ0n) is 8.47. The Morgan fingerprint density at radius 2 is 1.69 bits per heavy atom. The SMILES string of the molecule is [Si]c1ccc(-c2nc3ccccc3s2)cc1. The lowest BCUT2D eigenvalue weighted by Gasteiger charge is -1.95. The maximum Gasteiger partial charge on any atom is 0.124 e. The molecule has 0 aliphatic rings. The van der Waals surface area contributed by atoms with Crippen LogP contribution in [0.25, 0.3) is 20.8 Å². The minimum absolute atomic E-state index is 1.07. The van der Waals surface area contributed by atoms with Crippen LogP contribution < -0.4 is 5.19 Å². The summed E-state index contributed by atoms with van der Waals surface area (Å²) in [6, 6.07) is 16.5. The highest BCUT2D eigenvalue weighted by molar-refractivity contribution is 7.21. The number of para-hydroxylation sites is 1. The summed E-state index contributed by atoms with van der Waals surface area (Å²) < 4.78 is 1.24. The van der Waals surface area contributed by atoms with Crippen LogP contribution in [0.4, 0.5) is 0 Å². The molecule has 3 radical (unpaired) electrons. The van der Waals surface area contributed by atoms with Gasteiger partial charge in [0.05, 0.1) is 20.5 Å². The normalized spacial score (nSPS) is 10.8. The van der Waals surface area contributed by atoms with Crippen molar-refractivity contribution >= 4 is 37.0 Å². The maximum atomic E-state index is 4.62. The van der Waals surface area contributed by atoms with Crippen LogP contribution in [0, 0.1) is 0 Å². The molecular formula is C13H8NSSi. The Morgan fingerprint density at radius 1 is 0.938 bits per heavy atom. The molecule has 1 nitrogen and oxygen atoms in total. The molecule has 75 valence electrons. The molecule has 0 aliphatic carbocycles. The first-order valence-electron chi connectivity index (χ1n) is 5.00. The molecule has 0 amide bonds. The van der Waals surface area contributed by atoms with Crippen molar-refractivity contribution in [3.63, 3.8) is 0 Å². The zero-order chi connectivity index (χ0) is 11.0.